The number of nitrogens with zero attached hydrogens (tertiary/aromatic N) is 4. The molecule has 2 heterocycles. The number of piperazine rings is 1. The maximum Gasteiger partial charge on any atom is 0.239 e. The average molecular weight is 345 g/mol. The van der Waals surface area contributed by atoms with Crippen molar-refractivity contribution in [2.45, 2.75) is 25.6 Å². The van der Waals surface area contributed by atoms with Crippen molar-refractivity contribution >= 4 is 5.91 Å². The standard InChI is InChI=1S/C18H24FN5O/c1-13-11-24(10-9-23(13)12-16-21-7-8-22(16)2)17(18(20)25)14-3-5-15(19)6-4-14/h3-8,13,17H,9-12H2,1-2H3,(H2,20,25). The Kier molecular flexibility index (Phi) is 5.15. The summed E-state index contributed by atoms with van der Waals surface area (Å²) in [6.45, 7) is 5.17. The van der Waals surface area contributed by atoms with Crippen LogP contribution in [0.5, 0.6) is 0 Å². The summed E-state index contributed by atoms with van der Waals surface area (Å²) >= 11 is 0. The Morgan fingerprint density at radius 2 is 2.08 bits per heavy atom. The molecule has 2 atom stereocenters. The van der Waals surface area contributed by atoms with Gasteiger partial charge in [-0.05, 0) is 24.6 Å². The van der Waals surface area contributed by atoms with Gasteiger partial charge in [-0.25, -0.2) is 9.37 Å². The molecule has 2 N–H and O–H groups in total. The highest BCUT2D eigenvalue weighted by Crippen LogP contribution is 2.25. The highest BCUT2D eigenvalue weighted by Gasteiger charge is 2.32. The smallest absolute Gasteiger partial charge is 0.239 e. The minimum absolute atomic E-state index is 0.257. The monoisotopic (exact) mass is 345 g/mol. The van der Waals surface area contributed by atoms with Crippen LogP contribution in [0.3, 0.4) is 0 Å². The Balaban J connectivity index is 1.70. The molecule has 0 saturated carbocycles. The lowest BCUT2D eigenvalue weighted by Crippen LogP contribution is -2.54. The van der Waals surface area contributed by atoms with Crippen LogP contribution in [0, 0.1) is 5.82 Å². The van der Waals surface area contributed by atoms with Gasteiger partial charge in [-0.15, -0.1) is 0 Å². The number of nitrogens with two attached hydrogens (primary N) is 1. The molecule has 1 aromatic carbocycles. The zero-order valence-corrected chi connectivity index (χ0v) is 14.6. The van der Waals surface area contributed by atoms with Gasteiger partial charge < -0.3 is 10.3 Å². The summed E-state index contributed by atoms with van der Waals surface area (Å²) in [5.41, 5.74) is 6.38. The SMILES string of the molecule is CC1CN(C(C(N)=O)c2ccc(F)cc2)CCN1Cc1nccn1C. The van der Waals surface area contributed by atoms with Gasteiger partial charge in [0.15, 0.2) is 0 Å². The van der Waals surface area contributed by atoms with Crippen molar-refractivity contribution in [2.75, 3.05) is 19.6 Å². The number of aryl methyl sites for hydroxylation is 1. The number of carbonyl (C=O) groups is 1. The maximum absolute atomic E-state index is 13.2. The van der Waals surface area contributed by atoms with Crippen LogP contribution in [-0.2, 0) is 18.4 Å². The first-order valence-corrected chi connectivity index (χ1v) is 8.45. The van der Waals surface area contributed by atoms with Gasteiger partial charge in [-0.3, -0.25) is 14.6 Å². The highest BCUT2D eigenvalue weighted by molar-refractivity contribution is 5.81. The van der Waals surface area contributed by atoms with Gasteiger partial charge in [-0.2, -0.15) is 0 Å². The number of aromatic nitrogens is 2. The molecule has 7 heteroatoms. The molecule has 1 amide bonds. The van der Waals surface area contributed by atoms with Crippen LogP contribution in [0.4, 0.5) is 4.39 Å². The number of primary amides is 1. The molecule has 0 bridgehead atoms. The third kappa shape index (κ3) is 3.88. The number of hydrogen-bond acceptors (Lipinski definition) is 4. The third-order valence-corrected chi connectivity index (χ3v) is 4.88. The lowest BCUT2D eigenvalue weighted by Gasteiger charge is -2.42. The minimum Gasteiger partial charge on any atom is -0.368 e. The lowest BCUT2D eigenvalue weighted by molar-refractivity contribution is -0.124. The molecule has 0 aliphatic carbocycles. The maximum atomic E-state index is 13.2. The van der Waals surface area contributed by atoms with Crippen molar-refractivity contribution in [1.82, 2.24) is 19.4 Å². The second kappa shape index (κ2) is 7.33. The number of imidazole rings is 1. The summed E-state index contributed by atoms with van der Waals surface area (Å²) in [5.74, 6) is 0.293. The topological polar surface area (TPSA) is 67.4 Å². The van der Waals surface area contributed by atoms with E-state index in [1.165, 1.54) is 12.1 Å². The van der Waals surface area contributed by atoms with E-state index in [0.717, 1.165) is 37.6 Å². The van der Waals surface area contributed by atoms with Crippen molar-refractivity contribution in [1.29, 1.82) is 0 Å². The summed E-state index contributed by atoms with van der Waals surface area (Å²) in [6, 6.07) is 5.73. The van der Waals surface area contributed by atoms with Crippen molar-refractivity contribution in [3.05, 3.63) is 53.9 Å². The van der Waals surface area contributed by atoms with Gasteiger partial charge in [0.1, 0.15) is 17.7 Å². The Labute approximate surface area is 147 Å². The Bertz CT molecular complexity index is 729. The molecule has 1 aromatic heterocycles. The van der Waals surface area contributed by atoms with Gasteiger partial charge >= 0.3 is 0 Å². The molecule has 2 aromatic rings. The third-order valence-electron chi connectivity index (χ3n) is 4.88. The number of benzene rings is 1. The summed E-state index contributed by atoms with van der Waals surface area (Å²) < 4.78 is 15.2. The van der Waals surface area contributed by atoms with E-state index in [1.807, 2.05) is 17.8 Å². The van der Waals surface area contributed by atoms with Gasteiger partial charge in [-0.1, -0.05) is 12.1 Å². The van der Waals surface area contributed by atoms with Crippen molar-refractivity contribution < 1.29 is 9.18 Å². The van der Waals surface area contributed by atoms with E-state index in [4.69, 9.17) is 5.73 Å². The quantitative estimate of drug-likeness (QED) is 0.887. The predicted molar refractivity (Wildman–Crippen MR) is 93.0 cm³/mol. The van der Waals surface area contributed by atoms with E-state index in [-0.39, 0.29) is 11.9 Å². The van der Waals surface area contributed by atoms with Crippen LogP contribution in [0.15, 0.2) is 36.7 Å². The van der Waals surface area contributed by atoms with Crippen molar-refractivity contribution in [3.63, 3.8) is 0 Å². The Morgan fingerprint density at radius 1 is 1.36 bits per heavy atom. The molecule has 1 fully saturated rings. The fourth-order valence-corrected chi connectivity index (χ4v) is 3.42. The molecule has 0 spiro atoms. The first kappa shape index (κ1) is 17.6. The highest BCUT2D eigenvalue weighted by atomic mass is 19.1. The predicted octanol–water partition coefficient (Wildman–Crippen LogP) is 1.29. The molecular weight excluding hydrogens is 321 g/mol. The number of hydrogen-bond donors (Lipinski definition) is 1. The summed E-state index contributed by atoms with van der Waals surface area (Å²) in [6.07, 6.45) is 3.74. The number of carbonyl (C=O) groups excluding carboxylic acids is 1. The number of amides is 1. The van der Waals surface area contributed by atoms with Crippen LogP contribution in [0.25, 0.3) is 0 Å². The normalized spacial score (nSPS) is 20.5. The van der Waals surface area contributed by atoms with E-state index < -0.39 is 11.9 Å². The Morgan fingerprint density at radius 3 is 2.64 bits per heavy atom. The largest absolute Gasteiger partial charge is 0.368 e. The first-order chi connectivity index (χ1) is 12.0. The number of halogens is 1. The molecule has 1 aliphatic rings. The van der Waals surface area contributed by atoms with Crippen LogP contribution >= 0.6 is 0 Å². The van der Waals surface area contributed by atoms with Crippen LogP contribution < -0.4 is 5.73 Å². The fraction of sp³-hybridized carbons (Fsp3) is 0.444. The van der Waals surface area contributed by atoms with Crippen molar-refractivity contribution in [2.24, 2.45) is 12.8 Å². The van der Waals surface area contributed by atoms with Crippen molar-refractivity contribution in [3.8, 4) is 0 Å². The summed E-state index contributed by atoms with van der Waals surface area (Å²) in [7, 11) is 1.99. The first-order valence-electron chi connectivity index (χ1n) is 8.45. The van der Waals surface area contributed by atoms with Gasteiger partial charge in [0.05, 0.1) is 6.54 Å². The molecule has 0 radical (unpaired) electrons. The molecule has 134 valence electrons. The van der Waals surface area contributed by atoms with E-state index in [1.54, 1.807) is 18.3 Å². The fourth-order valence-electron chi connectivity index (χ4n) is 3.42. The van der Waals surface area contributed by atoms with Gasteiger partial charge in [0, 0.05) is 45.1 Å². The van der Waals surface area contributed by atoms with E-state index in [2.05, 4.69) is 21.7 Å². The molecule has 2 unspecified atom stereocenters. The summed E-state index contributed by atoms with van der Waals surface area (Å²) in [5, 5.41) is 0. The van der Waals surface area contributed by atoms with Crippen LogP contribution in [-0.4, -0.2) is 50.9 Å². The second-order valence-electron chi connectivity index (χ2n) is 6.63. The second-order valence-corrected chi connectivity index (χ2v) is 6.63. The van der Waals surface area contributed by atoms with Gasteiger partial charge in [0.2, 0.25) is 5.91 Å². The molecule has 6 nitrogen and oxygen atoms in total. The van der Waals surface area contributed by atoms with Crippen LogP contribution in [0.1, 0.15) is 24.4 Å². The molecule has 3 rings (SSSR count). The van der Waals surface area contributed by atoms with Gasteiger partial charge in [0.25, 0.3) is 0 Å². The summed E-state index contributed by atoms with van der Waals surface area (Å²) in [4.78, 5) is 20.8. The lowest BCUT2D eigenvalue weighted by atomic mass is 10.0. The van der Waals surface area contributed by atoms with E-state index in [9.17, 15) is 9.18 Å². The Hall–Kier alpha value is -2.25. The molecule has 1 saturated heterocycles. The zero-order valence-electron chi connectivity index (χ0n) is 14.6. The average Bonchev–Trinajstić information content (AvgIpc) is 2.97. The molecule has 25 heavy (non-hydrogen) atoms. The van der Waals surface area contributed by atoms with Crippen LogP contribution in [0.2, 0.25) is 0 Å². The van der Waals surface area contributed by atoms with E-state index >= 15 is 0 Å². The van der Waals surface area contributed by atoms with E-state index in [0.29, 0.717) is 0 Å². The minimum atomic E-state index is -0.529. The zero-order chi connectivity index (χ0) is 18.0. The molecule has 1 aliphatic heterocycles. The molecular formula is C18H24FN5O. The number of rotatable bonds is 5.